The number of hydrogen-bond donors (Lipinski definition) is 1. The molecule has 1 aromatic heterocycles. The molecule has 0 radical (unpaired) electrons. The maximum Gasteiger partial charge on any atom is 0.260 e. The largest absolute Gasteiger partial charge is 0.327 e. The van der Waals surface area contributed by atoms with Gasteiger partial charge in [-0.1, -0.05) is 53.9 Å². The van der Waals surface area contributed by atoms with Gasteiger partial charge in [-0.15, -0.1) is 6.42 Å². The van der Waals surface area contributed by atoms with E-state index in [0.717, 1.165) is 22.5 Å². The predicted octanol–water partition coefficient (Wildman–Crippen LogP) is 5.44. The molecule has 1 aliphatic rings. The lowest BCUT2D eigenvalue weighted by molar-refractivity contribution is 0.0986. The maximum atomic E-state index is 13.7. The van der Waals surface area contributed by atoms with Crippen molar-refractivity contribution >= 4 is 34.7 Å². The fourth-order valence-electron chi connectivity index (χ4n) is 4.03. The number of aryl methyl sites for hydroxylation is 1. The van der Waals surface area contributed by atoms with Gasteiger partial charge in [0.05, 0.1) is 24.0 Å². The number of benzene rings is 3. The van der Waals surface area contributed by atoms with Crippen LogP contribution in [0.3, 0.4) is 0 Å². The average Bonchev–Trinajstić information content (AvgIpc) is 2.95. The summed E-state index contributed by atoms with van der Waals surface area (Å²) in [4.78, 5) is 26.7. The highest BCUT2D eigenvalue weighted by atomic mass is 16.2. The van der Waals surface area contributed by atoms with Gasteiger partial charge < -0.3 is 10.2 Å². The number of aromatic nitrogens is 2. The molecule has 0 spiro atoms. The molecule has 0 bridgehead atoms. The van der Waals surface area contributed by atoms with Crippen molar-refractivity contribution in [1.82, 2.24) is 9.97 Å². The van der Waals surface area contributed by atoms with Crippen molar-refractivity contribution < 1.29 is 4.79 Å². The van der Waals surface area contributed by atoms with Gasteiger partial charge in [0.2, 0.25) is 5.95 Å². The Morgan fingerprint density at radius 2 is 1.79 bits per heavy atom. The molecule has 6 nitrogen and oxygen atoms in total. The summed E-state index contributed by atoms with van der Waals surface area (Å²) in [6, 6.07) is 23.3. The van der Waals surface area contributed by atoms with Gasteiger partial charge in [-0.2, -0.15) is 4.98 Å². The van der Waals surface area contributed by atoms with Gasteiger partial charge >= 0.3 is 0 Å². The van der Waals surface area contributed by atoms with E-state index >= 15 is 0 Å². The number of nitrogens with zero attached hydrogens (tertiary/aromatic N) is 4. The molecule has 1 amide bonds. The Hall–Kier alpha value is -4.63. The zero-order chi connectivity index (χ0) is 23.7. The molecule has 0 fully saturated rings. The Kier molecular flexibility index (Phi) is 5.44. The van der Waals surface area contributed by atoms with Gasteiger partial charge in [0, 0.05) is 18.3 Å². The maximum absolute atomic E-state index is 13.7. The van der Waals surface area contributed by atoms with Crippen molar-refractivity contribution in [1.29, 1.82) is 0 Å². The second-order valence-electron chi connectivity index (χ2n) is 8.21. The molecule has 0 saturated carbocycles. The third-order valence-corrected chi connectivity index (χ3v) is 5.85. The van der Waals surface area contributed by atoms with Crippen molar-refractivity contribution in [2.24, 2.45) is 0 Å². The highest BCUT2D eigenvalue weighted by Gasteiger charge is 2.31. The number of terminal acetylenes is 1. The van der Waals surface area contributed by atoms with E-state index in [0.29, 0.717) is 29.6 Å². The number of hydrogen-bond acceptors (Lipinski definition) is 5. The van der Waals surface area contributed by atoms with Gasteiger partial charge in [-0.25, -0.2) is 4.98 Å². The lowest BCUT2D eigenvalue weighted by Gasteiger charge is -2.24. The third kappa shape index (κ3) is 3.96. The summed E-state index contributed by atoms with van der Waals surface area (Å²) in [6.45, 7) is 2.46. The van der Waals surface area contributed by atoms with Crippen LogP contribution in [0, 0.1) is 19.3 Å². The number of fused-ring (bicyclic) bond motifs is 2. The molecule has 1 aliphatic heterocycles. The zero-order valence-electron chi connectivity index (χ0n) is 19.0. The van der Waals surface area contributed by atoms with Crippen LogP contribution in [0.15, 0.2) is 79.0 Å². The van der Waals surface area contributed by atoms with Crippen molar-refractivity contribution in [2.45, 2.75) is 13.5 Å². The van der Waals surface area contributed by atoms with Crippen LogP contribution in [0.1, 0.15) is 27.0 Å². The number of anilines is 5. The first-order valence-electron chi connectivity index (χ1n) is 10.9. The molecule has 1 N–H and O–H groups in total. The highest BCUT2D eigenvalue weighted by molar-refractivity contribution is 6.13. The topological polar surface area (TPSA) is 61.4 Å². The molecule has 3 aromatic carbocycles. The fourth-order valence-corrected chi connectivity index (χ4v) is 4.03. The number of amides is 1. The van der Waals surface area contributed by atoms with E-state index in [2.05, 4.69) is 16.2 Å². The number of para-hydroxylation sites is 1. The first kappa shape index (κ1) is 21.2. The van der Waals surface area contributed by atoms with Crippen LogP contribution in [0.5, 0.6) is 0 Å². The lowest BCUT2D eigenvalue weighted by Crippen LogP contribution is -2.30. The zero-order valence-corrected chi connectivity index (χ0v) is 19.0. The van der Waals surface area contributed by atoms with E-state index in [-0.39, 0.29) is 5.91 Å². The van der Waals surface area contributed by atoms with E-state index in [1.165, 1.54) is 5.56 Å². The van der Waals surface area contributed by atoms with Gasteiger partial charge in [0.25, 0.3) is 5.91 Å². The second-order valence-corrected chi connectivity index (χ2v) is 8.21. The normalized spacial score (nSPS) is 12.4. The second kappa shape index (κ2) is 8.72. The minimum absolute atomic E-state index is 0.0900. The van der Waals surface area contributed by atoms with E-state index in [1.807, 2.05) is 91.7 Å². The van der Waals surface area contributed by atoms with Crippen molar-refractivity contribution in [3.05, 3.63) is 101 Å². The Bertz CT molecular complexity index is 1420. The number of carbonyl (C=O) groups excluding carboxylic acids is 1. The average molecular weight is 446 g/mol. The third-order valence-electron chi connectivity index (χ3n) is 5.85. The number of nitrogens with one attached hydrogen (secondary N) is 1. The predicted molar refractivity (Wildman–Crippen MR) is 136 cm³/mol. The highest BCUT2D eigenvalue weighted by Crippen LogP contribution is 2.39. The minimum atomic E-state index is -0.0900. The fraction of sp³-hybridized carbons (Fsp3) is 0.107. The van der Waals surface area contributed by atoms with Crippen molar-refractivity contribution in [2.75, 3.05) is 22.2 Å². The number of carbonyl (C=O) groups is 1. The van der Waals surface area contributed by atoms with Gasteiger partial charge in [0.1, 0.15) is 5.69 Å². The van der Waals surface area contributed by atoms with Crippen LogP contribution in [0.2, 0.25) is 0 Å². The van der Waals surface area contributed by atoms with Gasteiger partial charge in [-0.3, -0.25) is 9.69 Å². The van der Waals surface area contributed by atoms with E-state index in [9.17, 15) is 4.79 Å². The molecule has 0 unspecified atom stereocenters. The Morgan fingerprint density at radius 1 is 1.00 bits per heavy atom. The molecular formula is C28H23N5O. The summed E-state index contributed by atoms with van der Waals surface area (Å²) in [5.74, 6) is 3.60. The summed E-state index contributed by atoms with van der Waals surface area (Å²) in [5.41, 5.74) is 5.81. The van der Waals surface area contributed by atoms with Crippen LogP contribution in [-0.4, -0.2) is 22.9 Å². The smallest absolute Gasteiger partial charge is 0.260 e. The SMILES string of the molecule is C#Cc1cccc(Nc2ncc3c(n2)N(C)c2ccccc2C(=O)N3Cc2ccc(C)cc2)c1. The first-order chi connectivity index (χ1) is 16.5. The van der Waals surface area contributed by atoms with Gasteiger partial charge in [0.15, 0.2) is 5.82 Å². The van der Waals surface area contributed by atoms with Crippen LogP contribution in [0.25, 0.3) is 0 Å². The molecule has 6 heteroatoms. The monoisotopic (exact) mass is 445 g/mol. The number of rotatable bonds is 4. The molecule has 4 aromatic rings. The van der Waals surface area contributed by atoms with Crippen molar-refractivity contribution in [3.8, 4) is 12.3 Å². The molecule has 5 rings (SSSR count). The standard InChI is InChI=1S/C28H23N5O/c1-4-20-8-7-9-22(16-20)30-28-29-17-25-26(31-28)32(3)24-11-6-5-10-23(24)27(34)33(25)18-21-14-12-19(2)13-15-21/h1,5-17H,18H2,2-3H3,(H,29,30,31). The lowest BCUT2D eigenvalue weighted by atomic mass is 10.1. The van der Waals surface area contributed by atoms with Crippen LogP contribution < -0.4 is 15.1 Å². The molecule has 0 aliphatic carbocycles. The molecule has 0 atom stereocenters. The molecule has 166 valence electrons. The Labute approximate surface area is 198 Å². The van der Waals surface area contributed by atoms with Crippen LogP contribution in [0.4, 0.5) is 28.8 Å². The van der Waals surface area contributed by atoms with Crippen LogP contribution >= 0.6 is 0 Å². The summed E-state index contributed by atoms with van der Waals surface area (Å²) in [6.07, 6.45) is 7.23. The quantitative estimate of drug-likeness (QED) is 0.424. The summed E-state index contributed by atoms with van der Waals surface area (Å²) >= 11 is 0. The van der Waals surface area contributed by atoms with Crippen LogP contribution in [-0.2, 0) is 6.54 Å². The summed E-state index contributed by atoms with van der Waals surface area (Å²) < 4.78 is 0. The molecule has 0 saturated heterocycles. The minimum Gasteiger partial charge on any atom is -0.327 e. The first-order valence-corrected chi connectivity index (χ1v) is 10.9. The Morgan fingerprint density at radius 3 is 2.59 bits per heavy atom. The summed E-state index contributed by atoms with van der Waals surface area (Å²) in [7, 11) is 1.91. The molecule has 2 heterocycles. The van der Waals surface area contributed by atoms with Crippen molar-refractivity contribution in [3.63, 3.8) is 0 Å². The molecule has 34 heavy (non-hydrogen) atoms. The van der Waals surface area contributed by atoms with E-state index < -0.39 is 0 Å². The van der Waals surface area contributed by atoms with E-state index in [4.69, 9.17) is 11.4 Å². The van der Waals surface area contributed by atoms with E-state index in [1.54, 1.807) is 11.1 Å². The molecular weight excluding hydrogens is 422 g/mol. The Balaban J connectivity index is 1.59. The summed E-state index contributed by atoms with van der Waals surface area (Å²) in [5, 5.41) is 3.23. The van der Waals surface area contributed by atoms with Gasteiger partial charge in [-0.05, 0) is 42.8 Å².